The molecule has 5 rings (SSSR count). The predicted octanol–water partition coefficient (Wildman–Crippen LogP) is 2.98. The van der Waals surface area contributed by atoms with E-state index in [1.54, 1.807) is 13.4 Å². The molecular weight excluding hydrogens is 366 g/mol. The number of rotatable bonds is 4. The van der Waals surface area contributed by atoms with Crippen molar-refractivity contribution in [1.82, 2.24) is 24.6 Å². The number of furan rings is 1. The Labute approximate surface area is 170 Å². The first kappa shape index (κ1) is 18.4. The Morgan fingerprint density at radius 2 is 1.90 bits per heavy atom. The van der Waals surface area contributed by atoms with E-state index in [1.165, 1.54) is 5.56 Å². The minimum atomic E-state index is 0.0357. The van der Waals surface area contributed by atoms with Crippen LogP contribution in [0.25, 0.3) is 11.4 Å². The van der Waals surface area contributed by atoms with Gasteiger partial charge in [-0.15, -0.1) is 10.2 Å². The molecule has 0 radical (unpaired) electrons. The molecule has 4 heterocycles. The Morgan fingerprint density at radius 3 is 2.59 bits per heavy atom. The number of nitrogens with zero attached hydrogens (tertiary/aromatic N) is 5. The zero-order valence-electron chi connectivity index (χ0n) is 17.0. The molecule has 1 fully saturated rings. The van der Waals surface area contributed by atoms with Crippen molar-refractivity contribution in [3.05, 3.63) is 54.2 Å². The average Bonchev–Trinajstić information content (AvgIpc) is 3.40. The van der Waals surface area contributed by atoms with E-state index in [4.69, 9.17) is 9.15 Å². The summed E-state index contributed by atoms with van der Waals surface area (Å²) in [5, 5.41) is 9.18. The van der Waals surface area contributed by atoms with Gasteiger partial charge in [-0.1, -0.05) is 0 Å². The first-order valence-corrected chi connectivity index (χ1v) is 10.2. The number of likely N-dealkylation sites (N-methyl/N-ethyl adjacent to an activating group) is 1. The maximum Gasteiger partial charge on any atom is 0.164 e. The van der Waals surface area contributed by atoms with E-state index in [1.807, 2.05) is 18.4 Å². The number of fused-ring (bicyclic) bond motifs is 2. The molecule has 0 amide bonds. The Balaban J connectivity index is 1.44. The predicted molar refractivity (Wildman–Crippen MR) is 110 cm³/mol. The largest absolute Gasteiger partial charge is 0.497 e. The third-order valence-electron chi connectivity index (χ3n) is 6.30. The van der Waals surface area contributed by atoms with E-state index in [2.05, 4.69) is 49.8 Å². The molecule has 0 N–H and O–H groups in total. The molecular formula is C22H27N5O2. The Morgan fingerprint density at radius 1 is 1.10 bits per heavy atom. The Kier molecular flexibility index (Phi) is 4.64. The number of hydrogen-bond donors (Lipinski definition) is 0. The molecule has 1 saturated heterocycles. The minimum Gasteiger partial charge on any atom is -0.497 e. The maximum atomic E-state index is 5.32. The summed E-state index contributed by atoms with van der Waals surface area (Å²) in [6.07, 6.45) is 5.77. The van der Waals surface area contributed by atoms with E-state index in [-0.39, 0.29) is 5.54 Å². The number of ether oxygens (including phenoxy) is 1. The summed E-state index contributed by atoms with van der Waals surface area (Å²) in [7, 11) is 3.88. The van der Waals surface area contributed by atoms with Crippen molar-refractivity contribution in [2.45, 2.75) is 31.5 Å². The lowest BCUT2D eigenvalue weighted by atomic mass is 9.84. The number of piperidine rings is 1. The second-order valence-electron chi connectivity index (χ2n) is 8.31. The van der Waals surface area contributed by atoms with Crippen LogP contribution in [0.2, 0.25) is 0 Å². The summed E-state index contributed by atoms with van der Waals surface area (Å²) in [5.74, 6) is 2.89. The molecule has 1 aromatic carbocycles. The molecule has 0 aliphatic carbocycles. The van der Waals surface area contributed by atoms with E-state index in [9.17, 15) is 0 Å². The van der Waals surface area contributed by atoms with Crippen LogP contribution < -0.4 is 4.74 Å². The SMILES string of the molecule is COc1ccc(-c2nnc3n2C2(CCN(Cc4ccoc4)CC2)CN(C)C3)cc1. The molecule has 2 aliphatic heterocycles. The minimum absolute atomic E-state index is 0.0357. The lowest BCUT2D eigenvalue weighted by Crippen LogP contribution is -2.55. The highest BCUT2D eigenvalue weighted by molar-refractivity contribution is 5.57. The van der Waals surface area contributed by atoms with Gasteiger partial charge < -0.3 is 13.7 Å². The topological polar surface area (TPSA) is 59.6 Å². The van der Waals surface area contributed by atoms with Crippen LogP contribution >= 0.6 is 0 Å². The van der Waals surface area contributed by atoms with Gasteiger partial charge in [0.05, 0.1) is 31.7 Å². The lowest BCUT2D eigenvalue weighted by molar-refractivity contribution is 0.0490. The van der Waals surface area contributed by atoms with Gasteiger partial charge >= 0.3 is 0 Å². The summed E-state index contributed by atoms with van der Waals surface area (Å²) in [6.45, 7) is 4.92. The number of hydrogen-bond acceptors (Lipinski definition) is 6. The molecule has 2 aromatic heterocycles. The van der Waals surface area contributed by atoms with Crippen molar-refractivity contribution >= 4 is 0 Å². The van der Waals surface area contributed by atoms with Crippen molar-refractivity contribution in [3.8, 4) is 17.1 Å². The Bertz CT molecular complexity index is 956. The quantitative estimate of drug-likeness (QED) is 0.679. The Hall–Kier alpha value is -2.64. The van der Waals surface area contributed by atoms with Crippen LogP contribution in [-0.2, 0) is 18.6 Å². The van der Waals surface area contributed by atoms with Gasteiger partial charge in [-0.2, -0.15) is 0 Å². The van der Waals surface area contributed by atoms with Crippen LogP contribution in [0, 0.1) is 0 Å². The molecule has 0 bridgehead atoms. The maximum absolute atomic E-state index is 5.32. The first-order chi connectivity index (χ1) is 14.2. The molecule has 152 valence electrons. The first-order valence-electron chi connectivity index (χ1n) is 10.2. The van der Waals surface area contributed by atoms with Gasteiger partial charge in [0.1, 0.15) is 11.6 Å². The molecule has 3 aromatic rings. The average molecular weight is 393 g/mol. The fourth-order valence-corrected chi connectivity index (χ4v) is 4.86. The molecule has 0 unspecified atom stereocenters. The fraction of sp³-hybridized carbons (Fsp3) is 0.455. The third-order valence-corrected chi connectivity index (χ3v) is 6.30. The summed E-state index contributed by atoms with van der Waals surface area (Å²) in [5.41, 5.74) is 2.37. The number of methoxy groups -OCH3 is 1. The number of benzene rings is 1. The van der Waals surface area contributed by atoms with Crippen LogP contribution in [0.4, 0.5) is 0 Å². The van der Waals surface area contributed by atoms with Crippen LogP contribution in [0.15, 0.2) is 47.3 Å². The van der Waals surface area contributed by atoms with Gasteiger partial charge in [0.2, 0.25) is 0 Å². The number of likely N-dealkylation sites (tertiary alicyclic amines) is 1. The van der Waals surface area contributed by atoms with Crippen molar-refractivity contribution in [2.75, 3.05) is 33.8 Å². The lowest BCUT2D eigenvalue weighted by Gasteiger charge is -2.48. The second-order valence-corrected chi connectivity index (χ2v) is 8.31. The molecule has 7 nitrogen and oxygen atoms in total. The van der Waals surface area contributed by atoms with Gasteiger partial charge in [-0.25, -0.2) is 0 Å². The highest BCUT2D eigenvalue weighted by Gasteiger charge is 2.43. The molecule has 1 spiro atoms. The van der Waals surface area contributed by atoms with Crippen molar-refractivity contribution in [1.29, 1.82) is 0 Å². The second kappa shape index (κ2) is 7.31. The summed E-state index contributed by atoms with van der Waals surface area (Å²) < 4.78 is 13.0. The van der Waals surface area contributed by atoms with E-state index in [0.29, 0.717) is 0 Å². The zero-order chi connectivity index (χ0) is 19.8. The molecule has 29 heavy (non-hydrogen) atoms. The van der Waals surface area contributed by atoms with Crippen LogP contribution in [0.1, 0.15) is 24.2 Å². The normalized spacial score (nSPS) is 19.4. The van der Waals surface area contributed by atoms with Gasteiger partial charge in [0.25, 0.3) is 0 Å². The molecule has 7 heteroatoms. The molecule has 0 saturated carbocycles. The number of aromatic nitrogens is 3. The standard InChI is InChI=1S/C22H27N5O2/c1-25-14-20-23-24-21(18-3-5-19(28-2)6-4-18)27(20)22(16-25)8-10-26(11-9-22)13-17-7-12-29-15-17/h3-7,12,15H,8-11,13-14,16H2,1-2H3. The highest BCUT2D eigenvalue weighted by Crippen LogP contribution is 2.39. The van der Waals surface area contributed by atoms with E-state index in [0.717, 1.165) is 68.5 Å². The van der Waals surface area contributed by atoms with Crippen molar-refractivity contribution < 1.29 is 9.15 Å². The van der Waals surface area contributed by atoms with Crippen LogP contribution in [0.3, 0.4) is 0 Å². The highest BCUT2D eigenvalue weighted by atomic mass is 16.5. The summed E-state index contributed by atoms with van der Waals surface area (Å²) in [6, 6.07) is 10.2. The zero-order valence-corrected chi connectivity index (χ0v) is 17.0. The molecule has 0 atom stereocenters. The van der Waals surface area contributed by atoms with Crippen LogP contribution in [-0.4, -0.2) is 58.4 Å². The smallest absolute Gasteiger partial charge is 0.164 e. The van der Waals surface area contributed by atoms with Gasteiger partial charge in [-0.3, -0.25) is 9.80 Å². The molecule has 2 aliphatic rings. The fourth-order valence-electron chi connectivity index (χ4n) is 4.86. The van der Waals surface area contributed by atoms with Crippen molar-refractivity contribution in [2.24, 2.45) is 0 Å². The van der Waals surface area contributed by atoms with E-state index < -0.39 is 0 Å². The van der Waals surface area contributed by atoms with Crippen molar-refractivity contribution in [3.63, 3.8) is 0 Å². The van der Waals surface area contributed by atoms with Gasteiger partial charge in [0, 0.05) is 37.3 Å². The van der Waals surface area contributed by atoms with Gasteiger partial charge in [0.15, 0.2) is 5.82 Å². The van der Waals surface area contributed by atoms with E-state index >= 15 is 0 Å². The summed E-state index contributed by atoms with van der Waals surface area (Å²) in [4.78, 5) is 4.90. The van der Waals surface area contributed by atoms with Crippen LogP contribution in [0.5, 0.6) is 5.75 Å². The summed E-state index contributed by atoms with van der Waals surface area (Å²) >= 11 is 0. The monoisotopic (exact) mass is 393 g/mol. The van der Waals surface area contributed by atoms with Gasteiger partial charge in [-0.05, 0) is 50.2 Å². The third kappa shape index (κ3) is 3.34.